The lowest BCUT2D eigenvalue weighted by molar-refractivity contribution is -0.119. The Labute approximate surface area is 53.8 Å². The maximum absolute atomic E-state index is 10.4. The van der Waals surface area contributed by atoms with E-state index in [0.717, 1.165) is 0 Å². The number of amides is 1. The summed E-state index contributed by atoms with van der Waals surface area (Å²) in [6, 6.07) is 0. The third kappa shape index (κ3) is 4.87. The average Bonchev–Trinajstić information content (AvgIpc) is 1.85. The number of aldehydes is 1. The molecule has 0 aromatic heterocycles. The van der Waals surface area contributed by atoms with Crippen molar-refractivity contribution in [2.24, 2.45) is 4.99 Å². The van der Waals surface area contributed by atoms with Gasteiger partial charge in [-0.3, -0.25) is 4.79 Å². The molecule has 0 saturated carbocycles. The first-order valence-electron chi connectivity index (χ1n) is 2.59. The highest BCUT2D eigenvalue weighted by atomic mass is 16.1. The predicted octanol–water partition coefficient (Wildman–Crippen LogP) is 0.397. The van der Waals surface area contributed by atoms with Gasteiger partial charge in [0.15, 0.2) is 0 Å². The van der Waals surface area contributed by atoms with E-state index in [1.165, 1.54) is 6.21 Å². The molecule has 0 N–H and O–H groups in total. The van der Waals surface area contributed by atoms with Crippen molar-refractivity contribution in [2.75, 3.05) is 0 Å². The molecule has 0 bridgehead atoms. The SMILES string of the molecule is [CH2]C=NC(=O)CCC=O. The van der Waals surface area contributed by atoms with Crippen molar-refractivity contribution >= 4 is 18.4 Å². The Kier molecular flexibility index (Phi) is 4.59. The maximum Gasteiger partial charge on any atom is 0.245 e. The maximum atomic E-state index is 10.4. The fourth-order valence-electron chi connectivity index (χ4n) is 0.349. The summed E-state index contributed by atoms with van der Waals surface area (Å²) in [5.41, 5.74) is 0. The highest BCUT2D eigenvalue weighted by molar-refractivity contribution is 5.86. The van der Waals surface area contributed by atoms with E-state index in [2.05, 4.69) is 11.9 Å². The van der Waals surface area contributed by atoms with Crippen molar-refractivity contribution in [3.8, 4) is 0 Å². The van der Waals surface area contributed by atoms with E-state index in [-0.39, 0.29) is 18.7 Å². The lowest BCUT2D eigenvalue weighted by atomic mass is 10.3. The van der Waals surface area contributed by atoms with Crippen LogP contribution in [0.25, 0.3) is 0 Å². The van der Waals surface area contributed by atoms with Crippen molar-refractivity contribution in [3.63, 3.8) is 0 Å². The Morgan fingerprint density at radius 3 is 2.78 bits per heavy atom. The first kappa shape index (κ1) is 8.01. The minimum Gasteiger partial charge on any atom is -0.303 e. The monoisotopic (exact) mass is 126 g/mol. The Morgan fingerprint density at radius 1 is 1.67 bits per heavy atom. The lowest BCUT2D eigenvalue weighted by Gasteiger charge is -1.83. The van der Waals surface area contributed by atoms with Crippen molar-refractivity contribution < 1.29 is 9.59 Å². The second-order valence-electron chi connectivity index (χ2n) is 1.41. The van der Waals surface area contributed by atoms with Crippen LogP contribution >= 0.6 is 0 Å². The Bertz CT molecular complexity index is 129. The van der Waals surface area contributed by atoms with Crippen LogP contribution in [-0.2, 0) is 9.59 Å². The van der Waals surface area contributed by atoms with Crippen molar-refractivity contribution in [3.05, 3.63) is 6.92 Å². The van der Waals surface area contributed by atoms with Crippen LogP contribution in [-0.4, -0.2) is 18.4 Å². The van der Waals surface area contributed by atoms with Crippen LogP contribution in [0.4, 0.5) is 0 Å². The number of aliphatic imine (C=N–C) groups is 1. The molecule has 0 aromatic rings. The van der Waals surface area contributed by atoms with Crippen molar-refractivity contribution in [1.82, 2.24) is 0 Å². The lowest BCUT2D eigenvalue weighted by Crippen LogP contribution is -1.92. The molecule has 0 atom stereocenters. The molecule has 0 aliphatic rings. The molecule has 0 spiro atoms. The van der Waals surface area contributed by atoms with E-state index in [4.69, 9.17) is 0 Å². The summed E-state index contributed by atoms with van der Waals surface area (Å²) in [4.78, 5) is 23.4. The summed E-state index contributed by atoms with van der Waals surface area (Å²) in [7, 11) is 0. The Hall–Kier alpha value is -0.990. The summed E-state index contributed by atoms with van der Waals surface area (Å²) in [5.74, 6) is -0.294. The molecular weight excluding hydrogens is 118 g/mol. The minimum absolute atomic E-state index is 0.190. The topological polar surface area (TPSA) is 46.5 Å². The first-order valence-corrected chi connectivity index (χ1v) is 2.59. The summed E-state index contributed by atoms with van der Waals surface area (Å²) < 4.78 is 0. The van der Waals surface area contributed by atoms with Gasteiger partial charge in [-0.05, 0) is 6.92 Å². The van der Waals surface area contributed by atoms with Gasteiger partial charge in [-0.1, -0.05) is 0 Å². The summed E-state index contributed by atoms with van der Waals surface area (Å²) >= 11 is 0. The molecular formula is C6H8NO2. The van der Waals surface area contributed by atoms with Crippen LogP contribution in [0.3, 0.4) is 0 Å². The highest BCUT2D eigenvalue weighted by Crippen LogP contribution is 1.86. The van der Waals surface area contributed by atoms with Gasteiger partial charge in [-0.25, -0.2) is 4.99 Å². The van der Waals surface area contributed by atoms with Gasteiger partial charge in [0.05, 0.1) is 0 Å². The van der Waals surface area contributed by atoms with Crippen LogP contribution in [0, 0.1) is 6.92 Å². The zero-order valence-electron chi connectivity index (χ0n) is 5.04. The van der Waals surface area contributed by atoms with E-state index >= 15 is 0 Å². The molecule has 1 amide bonds. The molecule has 0 heterocycles. The molecule has 0 aliphatic carbocycles. The summed E-state index contributed by atoms with van der Waals surface area (Å²) in [5, 5.41) is 0. The van der Waals surface area contributed by atoms with Crippen LogP contribution in [0.15, 0.2) is 4.99 Å². The largest absolute Gasteiger partial charge is 0.303 e. The number of carbonyl (C=O) groups is 2. The van der Waals surface area contributed by atoms with Gasteiger partial charge in [0.1, 0.15) is 6.29 Å². The summed E-state index contributed by atoms with van der Waals surface area (Å²) in [6.07, 6.45) is 2.30. The molecule has 0 saturated heterocycles. The van der Waals surface area contributed by atoms with Crippen LogP contribution < -0.4 is 0 Å². The van der Waals surface area contributed by atoms with E-state index in [1.54, 1.807) is 0 Å². The van der Waals surface area contributed by atoms with Crippen LogP contribution in [0.1, 0.15) is 12.8 Å². The van der Waals surface area contributed by atoms with Gasteiger partial charge in [0, 0.05) is 19.1 Å². The Morgan fingerprint density at radius 2 is 2.33 bits per heavy atom. The number of hydrogen-bond acceptors (Lipinski definition) is 2. The molecule has 0 aliphatic heterocycles. The summed E-state index contributed by atoms with van der Waals surface area (Å²) in [6.45, 7) is 3.23. The second-order valence-corrected chi connectivity index (χ2v) is 1.41. The molecule has 49 valence electrons. The average molecular weight is 126 g/mol. The molecule has 0 aromatic carbocycles. The van der Waals surface area contributed by atoms with Crippen molar-refractivity contribution in [1.29, 1.82) is 0 Å². The number of nitrogens with zero attached hydrogens (tertiary/aromatic N) is 1. The predicted molar refractivity (Wildman–Crippen MR) is 34.2 cm³/mol. The van der Waals surface area contributed by atoms with E-state index in [9.17, 15) is 9.59 Å². The van der Waals surface area contributed by atoms with Gasteiger partial charge >= 0.3 is 0 Å². The fraction of sp³-hybridized carbons (Fsp3) is 0.333. The quantitative estimate of drug-likeness (QED) is 0.406. The van der Waals surface area contributed by atoms with Gasteiger partial charge in [0.2, 0.25) is 5.91 Å². The number of hydrogen-bond donors (Lipinski definition) is 0. The van der Waals surface area contributed by atoms with E-state index in [1.807, 2.05) is 0 Å². The molecule has 9 heavy (non-hydrogen) atoms. The zero-order valence-corrected chi connectivity index (χ0v) is 5.04. The number of carbonyl (C=O) groups excluding carboxylic acids is 2. The van der Waals surface area contributed by atoms with Crippen LogP contribution in [0.5, 0.6) is 0 Å². The minimum atomic E-state index is -0.294. The Balaban J connectivity index is 3.38. The standard InChI is InChI=1S/C6H8NO2/c1-2-7-6(9)4-3-5-8/h2,5H,1,3-4H2. The smallest absolute Gasteiger partial charge is 0.245 e. The normalized spacial score (nSPS) is 9.89. The van der Waals surface area contributed by atoms with Gasteiger partial charge in [-0.15, -0.1) is 0 Å². The van der Waals surface area contributed by atoms with Gasteiger partial charge in [0.25, 0.3) is 0 Å². The van der Waals surface area contributed by atoms with Crippen molar-refractivity contribution in [2.45, 2.75) is 12.8 Å². The molecule has 0 fully saturated rings. The van der Waals surface area contributed by atoms with Gasteiger partial charge in [-0.2, -0.15) is 0 Å². The van der Waals surface area contributed by atoms with Gasteiger partial charge < -0.3 is 4.79 Å². The second kappa shape index (κ2) is 5.15. The number of rotatable bonds is 3. The zero-order chi connectivity index (χ0) is 7.11. The fourth-order valence-corrected chi connectivity index (χ4v) is 0.349. The molecule has 3 heteroatoms. The van der Waals surface area contributed by atoms with Crippen LogP contribution in [0.2, 0.25) is 0 Å². The van der Waals surface area contributed by atoms with E-state index < -0.39 is 0 Å². The molecule has 0 unspecified atom stereocenters. The third-order valence-electron chi connectivity index (χ3n) is 0.711. The first-order chi connectivity index (χ1) is 4.31. The van der Waals surface area contributed by atoms with E-state index in [0.29, 0.717) is 6.29 Å². The molecule has 3 nitrogen and oxygen atoms in total. The third-order valence-corrected chi connectivity index (χ3v) is 0.711. The highest BCUT2D eigenvalue weighted by Gasteiger charge is 1.93. The molecule has 1 radical (unpaired) electrons. The molecule has 0 rings (SSSR count).